The SMILES string of the molecule is c1ccc(-c2ccc3c(c2)c2cc(-n4c5ccccc5c5ccccc54)ccc2n3-c2ccc3c(c2)c2ccccc2n3-c2cccc([Si](c3ccccc3)(c3ccccc3)c3ccccc3)c2)cc1. The highest BCUT2D eigenvalue weighted by molar-refractivity contribution is 7.19. The quantitative estimate of drug-likeness (QED) is 0.107. The third kappa shape index (κ3) is 6.07. The Labute approximate surface area is 407 Å². The van der Waals surface area contributed by atoms with Crippen molar-refractivity contribution in [3.8, 4) is 28.2 Å². The van der Waals surface area contributed by atoms with Crippen molar-refractivity contribution in [1.29, 1.82) is 0 Å². The van der Waals surface area contributed by atoms with Gasteiger partial charge in [0.25, 0.3) is 0 Å². The summed E-state index contributed by atoms with van der Waals surface area (Å²) >= 11 is 0. The molecule has 11 aromatic carbocycles. The first-order chi connectivity index (χ1) is 34.7. The molecule has 328 valence electrons. The van der Waals surface area contributed by atoms with Crippen LogP contribution in [0.25, 0.3) is 93.6 Å². The Hall–Kier alpha value is -8.96. The first-order valence-electron chi connectivity index (χ1n) is 24.2. The largest absolute Gasteiger partial charge is 0.309 e. The van der Waals surface area contributed by atoms with Crippen LogP contribution >= 0.6 is 0 Å². The predicted octanol–water partition coefficient (Wildman–Crippen LogP) is 14.0. The van der Waals surface area contributed by atoms with E-state index in [4.69, 9.17) is 0 Å². The van der Waals surface area contributed by atoms with Crippen molar-refractivity contribution in [1.82, 2.24) is 13.7 Å². The molecule has 14 aromatic rings. The maximum absolute atomic E-state index is 2.77. The number of aromatic nitrogens is 3. The predicted molar refractivity (Wildman–Crippen MR) is 299 cm³/mol. The molecule has 0 radical (unpaired) electrons. The van der Waals surface area contributed by atoms with Crippen LogP contribution in [0.4, 0.5) is 0 Å². The minimum atomic E-state index is -2.77. The molecule has 0 unspecified atom stereocenters. The van der Waals surface area contributed by atoms with Gasteiger partial charge < -0.3 is 13.7 Å². The highest BCUT2D eigenvalue weighted by Crippen LogP contribution is 2.40. The Kier molecular flexibility index (Phi) is 9.23. The Morgan fingerprint density at radius 1 is 0.200 bits per heavy atom. The lowest BCUT2D eigenvalue weighted by Crippen LogP contribution is -2.74. The average Bonchev–Trinajstić information content (AvgIpc) is 4.07. The number of para-hydroxylation sites is 3. The van der Waals surface area contributed by atoms with Crippen molar-refractivity contribution in [2.45, 2.75) is 0 Å². The van der Waals surface area contributed by atoms with Gasteiger partial charge in [-0.2, -0.15) is 0 Å². The van der Waals surface area contributed by atoms with E-state index >= 15 is 0 Å². The molecule has 0 spiro atoms. The van der Waals surface area contributed by atoms with E-state index < -0.39 is 8.07 Å². The van der Waals surface area contributed by atoms with Crippen LogP contribution in [0.5, 0.6) is 0 Å². The Morgan fingerprint density at radius 2 is 0.543 bits per heavy atom. The van der Waals surface area contributed by atoms with E-state index in [1.807, 2.05) is 0 Å². The fourth-order valence-corrected chi connectivity index (χ4v) is 16.5. The zero-order valence-corrected chi connectivity index (χ0v) is 39.3. The third-order valence-corrected chi connectivity index (χ3v) is 19.5. The van der Waals surface area contributed by atoms with E-state index in [1.165, 1.54) is 97.3 Å². The lowest BCUT2D eigenvalue weighted by molar-refractivity contribution is 1.16. The van der Waals surface area contributed by atoms with Crippen molar-refractivity contribution in [2.24, 2.45) is 0 Å². The second kappa shape index (κ2) is 16.1. The molecule has 0 aliphatic carbocycles. The molecule has 0 bridgehead atoms. The van der Waals surface area contributed by atoms with Gasteiger partial charge in [-0.15, -0.1) is 0 Å². The van der Waals surface area contributed by atoms with Gasteiger partial charge in [-0.05, 0) is 111 Å². The van der Waals surface area contributed by atoms with Gasteiger partial charge in [0.15, 0.2) is 8.07 Å². The van der Waals surface area contributed by atoms with Gasteiger partial charge in [-0.1, -0.05) is 194 Å². The van der Waals surface area contributed by atoms with E-state index in [1.54, 1.807) is 0 Å². The minimum absolute atomic E-state index is 1.13. The molecule has 3 aromatic heterocycles. The molecule has 0 N–H and O–H groups in total. The second-order valence-corrected chi connectivity index (χ2v) is 22.3. The third-order valence-electron chi connectivity index (χ3n) is 14.8. The van der Waals surface area contributed by atoms with Crippen molar-refractivity contribution in [3.05, 3.63) is 273 Å². The van der Waals surface area contributed by atoms with Crippen LogP contribution in [-0.2, 0) is 0 Å². The maximum atomic E-state index is 2.48. The first-order valence-corrected chi connectivity index (χ1v) is 26.2. The van der Waals surface area contributed by atoms with Crippen LogP contribution in [0.2, 0.25) is 0 Å². The Bertz CT molecular complexity index is 4130. The average molecular weight is 908 g/mol. The normalized spacial score (nSPS) is 12.0. The first kappa shape index (κ1) is 40.1. The summed E-state index contributed by atoms with van der Waals surface area (Å²) in [7, 11) is -2.77. The van der Waals surface area contributed by atoms with Gasteiger partial charge in [0, 0.05) is 49.4 Å². The molecule has 14 rings (SSSR count). The molecule has 0 saturated heterocycles. The molecule has 3 nitrogen and oxygen atoms in total. The molecule has 3 heterocycles. The smallest absolute Gasteiger partial charge is 0.179 e. The van der Waals surface area contributed by atoms with Crippen LogP contribution < -0.4 is 20.7 Å². The number of rotatable bonds is 8. The van der Waals surface area contributed by atoms with Crippen molar-refractivity contribution >= 4 is 94.2 Å². The van der Waals surface area contributed by atoms with Crippen LogP contribution in [-0.4, -0.2) is 21.8 Å². The van der Waals surface area contributed by atoms with Crippen molar-refractivity contribution in [3.63, 3.8) is 0 Å². The summed E-state index contributed by atoms with van der Waals surface area (Å²) in [6.45, 7) is 0. The molecule has 0 atom stereocenters. The maximum Gasteiger partial charge on any atom is 0.179 e. The second-order valence-electron chi connectivity index (χ2n) is 18.5. The summed E-state index contributed by atoms with van der Waals surface area (Å²) in [6, 6.07) is 101. The van der Waals surface area contributed by atoms with Crippen LogP contribution in [0.1, 0.15) is 0 Å². The molecule has 70 heavy (non-hydrogen) atoms. The zero-order valence-electron chi connectivity index (χ0n) is 38.3. The monoisotopic (exact) mass is 907 g/mol. The molecule has 0 aliphatic heterocycles. The summed E-state index contributed by atoms with van der Waals surface area (Å²) in [5, 5.41) is 12.8. The minimum Gasteiger partial charge on any atom is -0.309 e. The standard InChI is InChI=1S/C66H45N3Si/c1-5-20-46(21-6-1)47-36-39-64-58(42-47)60-45-50(68-61-33-16-13-30-55(61)56-31-14-17-34-62(56)68)38-41-66(60)69(64)49-37-40-65-59(44-49)57-32-15-18-35-63(57)67(65)48-22-19-29-54(43-48)70(51-23-7-2-8-24-51,52-25-9-3-10-26-52)53-27-11-4-12-28-53/h1-45H. The van der Waals surface area contributed by atoms with E-state index in [0.717, 1.165) is 17.1 Å². The summed E-state index contributed by atoms with van der Waals surface area (Å²) in [5.41, 5.74) is 13.0. The highest BCUT2D eigenvalue weighted by atomic mass is 28.3. The number of hydrogen-bond acceptors (Lipinski definition) is 0. The van der Waals surface area contributed by atoms with Gasteiger partial charge in [0.2, 0.25) is 0 Å². The van der Waals surface area contributed by atoms with Crippen LogP contribution in [0, 0.1) is 0 Å². The van der Waals surface area contributed by atoms with Crippen molar-refractivity contribution < 1.29 is 0 Å². The fraction of sp³-hybridized carbons (Fsp3) is 0. The lowest BCUT2D eigenvalue weighted by atomic mass is 10.0. The van der Waals surface area contributed by atoms with E-state index in [2.05, 4.69) is 287 Å². The number of fused-ring (bicyclic) bond motifs is 9. The molecule has 0 saturated carbocycles. The lowest BCUT2D eigenvalue weighted by Gasteiger charge is -2.34. The number of nitrogens with zero attached hydrogens (tertiary/aromatic N) is 3. The zero-order chi connectivity index (χ0) is 46.2. The van der Waals surface area contributed by atoms with Crippen LogP contribution in [0.3, 0.4) is 0 Å². The molecule has 0 aliphatic rings. The molecular weight excluding hydrogens is 863 g/mol. The van der Waals surface area contributed by atoms with E-state index in [-0.39, 0.29) is 0 Å². The number of benzene rings is 11. The van der Waals surface area contributed by atoms with E-state index in [0.29, 0.717) is 0 Å². The molecule has 0 fully saturated rings. The molecular formula is C66H45N3Si. The number of hydrogen-bond donors (Lipinski definition) is 0. The summed E-state index contributed by atoms with van der Waals surface area (Å²) in [5.74, 6) is 0. The van der Waals surface area contributed by atoms with Crippen molar-refractivity contribution in [2.75, 3.05) is 0 Å². The molecule has 4 heteroatoms. The van der Waals surface area contributed by atoms with Gasteiger partial charge >= 0.3 is 0 Å². The highest BCUT2D eigenvalue weighted by Gasteiger charge is 2.41. The van der Waals surface area contributed by atoms with Gasteiger partial charge in [-0.3, -0.25) is 0 Å². The van der Waals surface area contributed by atoms with E-state index in [9.17, 15) is 0 Å². The van der Waals surface area contributed by atoms with Gasteiger partial charge in [0.1, 0.15) is 0 Å². The topological polar surface area (TPSA) is 14.8 Å². The fourth-order valence-electron chi connectivity index (χ4n) is 11.8. The Morgan fingerprint density at radius 3 is 1.03 bits per heavy atom. The molecule has 0 amide bonds. The summed E-state index contributed by atoms with van der Waals surface area (Å²) < 4.78 is 7.38. The summed E-state index contributed by atoms with van der Waals surface area (Å²) in [4.78, 5) is 0. The van der Waals surface area contributed by atoms with Gasteiger partial charge in [-0.25, -0.2) is 0 Å². The Balaban J connectivity index is 0.984. The summed E-state index contributed by atoms with van der Waals surface area (Å²) in [6.07, 6.45) is 0. The van der Waals surface area contributed by atoms with Crippen LogP contribution in [0.15, 0.2) is 273 Å². The van der Waals surface area contributed by atoms with Gasteiger partial charge in [0.05, 0.1) is 33.1 Å².